The van der Waals surface area contributed by atoms with Crippen LogP contribution >= 0.6 is 0 Å². The van der Waals surface area contributed by atoms with Crippen LogP contribution in [0.1, 0.15) is 19.4 Å². The first-order chi connectivity index (χ1) is 8.62. The van der Waals surface area contributed by atoms with Crippen LogP contribution in [0.4, 0.5) is 0 Å². The first-order valence-electron chi connectivity index (χ1n) is 5.69. The van der Waals surface area contributed by atoms with Crippen LogP contribution in [0.15, 0.2) is 23.8 Å². The Kier molecular flexibility index (Phi) is 5.24. The SMILES string of the molecule is CCOC(=O)/C(C)=C/c1cc(OC)ccc1OC. The fourth-order valence-corrected chi connectivity index (χ4v) is 1.49. The highest BCUT2D eigenvalue weighted by molar-refractivity contribution is 5.93. The minimum absolute atomic E-state index is 0.331. The number of carbonyl (C=O) groups is 1. The van der Waals surface area contributed by atoms with Gasteiger partial charge in [0, 0.05) is 11.1 Å². The average Bonchev–Trinajstić information content (AvgIpc) is 2.38. The van der Waals surface area contributed by atoms with Crippen molar-refractivity contribution in [2.45, 2.75) is 13.8 Å². The van der Waals surface area contributed by atoms with Crippen molar-refractivity contribution in [3.05, 3.63) is 29.3 Å². The summed E-state index contributed by atoms with van der Waals surface area (Å²) in [5.74, 6) is 1.06. The van der Waals surface area contributed by atoms with Crippen molar-refractivity contribution in [3.8, 4) is 11.5 Å². The molecule has 0 saturated heterocycles. The molecule has 1 aromatic rings. The summed E-state index contributed by atoms with van der Waals surface area (Å²) in [5.41, 5.74) is 1.30. The number of methoxy groups -OCH3 is 2. The standard InChI is InChI=1S/C14H18O4/c1-5-18-14(15)10(2)8-11-9-12(16-3)6-7-13(11)17-4/h6-9H,5H2,1-4H3/b10-8+. The van der Waals surface area contributed by atoms with Crippen LogP contribution in [-0.2, 0) is 9.53 Å². The molecule has 0 atom stereocenters. The lowest BCUT2D eigenvalue weighted by Gasteiger charge is -2.08. The van der Waals surface area contributed by atoms with Gasteiger partial charge >= 0.3 is 5.97 Å². The van der Waals surface area contributed by atoms with E-state index in [0.717, 1.165) is 5.56 Å². The summed E-state index contributed by atoms with van der Waals surface area (Å²) in [6, 6.07) is 5.40. The predicted octanol–water partition coefficient (Wildman–Crippen LogP) is 2.67. The zero-order valence-electron chi connectivity index (χ0n) is 11.1. The van der Waals surface area contributed by atoms with E-state index in [1.165, 1.54) is 0 Å². The molecule has 0 aliphatic rings. The van der Waals surface area contributed by atoms with Crippen LogP contribution < -0.4 is 9.47 Å². The average molecular weight is 250 g/mol. The highest BCUT2D eigenvalue weighted by Crippen LogP contribution is 2.26. The molecule has 18 heavy (non-hydrogen) atoms. The van der Waals surface area contributed by atoms with Gasteiger partial charge in [-0.3, -0.25) is 0 Å². The second-order valence-corrected chi connectivity index (χ2v) is 3.66. The fraction of sp³-hybridized carbons (Fsp3) is 0.357. The normalized spacial score (nSPS) is 11.0. The molecule has 1 aromatic carbocycles. The Labute approximate surface area is 107 Å². The van der Waals surface area contributed by atoms with E-state index >= 15 is 0 Å². The van der Waals surface area contributed by atoms with Crippen LogP contribution in [0.2, 0.25) is 0 Å². The number of hydrogen-bond acceptors (Lipinski definition) is 4. The van der Waals surface area contributed by atoms with E-state index in [0.29, 0.717) is 23.7 Å². The van der Waals surface area contributed by atoms with Crippen molar-refractivity contribution in [3.63, 3.8) is 0 Å². The Balaban J connectivity index is 3.07. The number of esters is 1. The predicted molar refractivity (Wildman–Crippen MR) is 69.8 cm³/mol. The molecule has 0 bridgehead atoms. The maximum atomic E-state index is 11.5. The molecule has 0 radical (unpaired) electrons. The van der Waals surface area contributed by atoms with Gasteiger partial charge in [-0.15, -0.1) is 0 Å². The number of ether oxygens (including phenoxy) is 3. The highest BCUT2D eigenvalue weighted by Gasteiger charge is 2.08. The van der Waals surface area contributed by atoms with Crippen molar-refractivity contribution >= 4 is 12.0 Å². The van der Waals surface area contributed by atoms with Crippen molar-refractivity contribution < 1.29 is 19.0 Å². The maximum absolute atomic E-state index is 11.5. The lowest BCUT2D eigenvalue weighted by molar-refractivity contribution is -0.138. The molecule has 98 valence electrons. The molecule has 4 heteroatoms. The first kappa shape index (κ1) is 14.1. The second-order valence-electron chi connectivity index (χ2n) is 3.66. The molecule has 0 fully saturated rings. The largest absolute Gasteiger partial charge is 0.497 e. The molecule has 0 spiro atoms. The lowest BCUT2D eigenvalue weighted by Crippen LogP contribution is -2.05. The van der Waals surface area contributed by atoms with Gasteiger partial charge in [0.2, 0.25) is 0 Å². The molecule has 0 amide bonds. The van der Waals surface area contributed by atoms with Crippen LogP contribution in [0.5, 0.6) is 11.5 Å². The quantitative estimate of drug-likeness (QED) is 0.595. The smallest absolute Gasteiger partial charge is 0.333 e. The number of carbonyl (C=O) groups excluding carboxylic acids is 1. The highest BCUT2D eigenvalue weighted by atomic mass is 16.5. The lowest BCUT2D eigenvalue weighted by atomic mass is 10.1. The van der Waals surface area contributed by atoms with Crippen LogP contribution in [0.25, 0.3) is 6.08 Å². The minimum Gasteiger partial charge on any atom is -0.497 e. The molecule has 4 nitrogen and oxygen atoms in total. The van der Waals surface area contributed by atoms with E-state index in [4.69, 9.17) is 14.2 Å². The zero-order chi connectivity index (χ0) is 13.5. The third-order valence-corrected chi connectivity index (χ3v) is 2.41. The Morgan fingerprint density at radius 1 is 1.28 bits per heavy atom. The Morgan fingerprint density at radius 2 is 2.00 bits per heavy atom. The molecular formula is C14H18O4. The van der Waals surface area contributed by atoms with E-state index in [1.807, 2.05) is 6.07 Å². The molecule has 0 heterocycles. The zero-order valence-corrected chi connectivity index (χ0v) is 11.1. The van der Waals surface area contributed by atoms with E-state index < -0.39 is 0 Å². The van der Waals surface area contributed by atoms with Crippen molar-refractivity contribution in [1.29, 1.82) is 0 Å². The first-order valence-corrected chi connectivity index (χ1v) is 5.69. The van der Waals surface area contributed by atoms with Crippen molar-refractivity contribution in [2.24, 2.45) is 0 Å². The monoisotopic (exact) mass is 250 g/mol. The van der Waals surface area contributed by atoms with E-state index in [2.05, 4.69) is 0 Å². The Bertz CT molecular complexity index is 449. The van der Waals surface area contributed by atoms with Crippen molar-refractivity contribution in [1.82, 2.24) is 0 Å². The number of rotatable bonds is 5. The van der Waals surface area contributed by atoms with Gasteiger partial charge in [-0.25, -0.2) is 4.79 Å². The van der Waals surface area contributed by atoms with Crippen molar-refractivity contribution in [2.75, 3.05) is 20.8 Å². The summed E-state index contributed by atoms with van der Waals surface area (Å²) in [7, 11) is 3.17. The van der Waals surface area contributed by atoms with Crippen LogP contribution in [-0.4, -0.2) is 26.8 Å². The molecule has 0 aliphatic heterocycles. The summed E-state index contributed by atoms with van der Waals surface area (Å²) in [4.78, 5) is 11.5. The Morgan fingerprint density at radius 3 is 2.56 bits per heavy atom. The topological polar surface area (TPSA) is 44.8 Å². The third-order valence-electron chi connectivity index (χ3n) is 2.41. The Hall–Kier alpha value is -1.97. The molecule has 0 saturated carbocycles. The van der Waals surface area contributed by atoms with Gasteiger partial charge in [0.25, 0.3) is 0 Å². The summed E-state index contributed by atoms with van der Waals surface area (Å²) < 4.78 is 15.3. The molecule has 0 unspecified atom stereocenters. The van der Waals surface area contributed by atoms with Gasteiger partial charge < -0.3 is 14.2 Å². The second kappa shape index (κ2) is 6.69. The van der Waals surface area contributed by atoms with Crippen LogP contribution in [0.3, 0.4) is 0 Å². The van der Waals surface area contributed by atoms with E-state index in [1.54, 1.807) is 46.3 Å². The minimum atomic E-state index is -0.331. The maximum Gasteiger partial charge on any atom is 0.333 e. The number of hydrogen-bond donors (Lipinski definition) is 0. The molecular weight excluding hydrogens is 232 g/mol. The fourth-order valence-electron chi connectivity index (χ4n) is 1.49. The van der Waals surface area contributed by atoms with Gasteiger partial charge in [-0.05, 0) is 38.1 Å². The third kappa shape index (κ3) is 3.52. The van der Waals surface area contributed by atoms with E-state index in [-0.39, 0.29) is 5.97 Å². The molecule has 0 aromatic heterocycles. The van der Waals surface area contributed by atoms with Crippen LogP contribution in [0, 0.1) is 0 Å². The van der Waals surface area contributed by atoms with Gasteiger partial charge in [0.05, 0.1) is 20.8 Å². The van der Waals surface area contributed by atoms with E-state index in [9.17, 15) is 4.79 Å². The summed E-state index contributed by atoms with van der Waals surface area (Å²) in [6.07, 6.45) is 1.72. The van der Waals surface area contributed by atoms with Gasteiger partial charge in [0.15, 0.2) is 0 Å². The van der Waals surface area contributed by atoms with Gasteiger partial charge in [-0.1, -0.05) is 0 Å². The van der Waals surface area contributed by atoms with Gasteiger partial charge in [0.1, 0.15) is 11.5 Å². The number of benzene rings is 1. The summed E-state index contributed by atoms with van der Waals surface area (Å²) in [5, 5.41) is 0. The van der Waals surface area contributed by atoms with Gasteiger partial charge in [-0.2, -0.15) is 0 Å². The molecule has 0 N–H and O–H groups in total. The molecule has 1 rings (SSSR count). The summed E-state index contributed by atoms with van der Waals surface area (Å²) >= 11 is 0. The molecule has 0 aliphatic carbocycles. The summed E-state index contributed by atoms with van der Waals surface area (Å²) in [6.45, 7) is 3.84.